The van der Waals surface area contributed by atoms with Crippen LogP contribution in [0.25, 0.3) is 22.2 Å². The Hall–Kier alpha value is -3.61. The highest BCUT2D eigenvalue weighted by molar-refractivity contribution is 6.09. The van der Waals surface area contributed by atoms with Gasteiger partial charge in [-0.2, -0.15) is 0 Å². The first kappa shape index (κ1) is 19.4. The van der Waals surface area contributed by atoms with Gasteiger partial charge in [-0.25, -0.2) is 0 Å². The molecule has 2 aromatic carbocycles. The van der Waals surface area contributed by atoms with E-state index in [0.717, 1.165) is 29.2 Å². The number of furan rings is 1. The van der Waals surface area contributed by atoms with Crippen molar-refractivity contribution in [1.82, 2.24) is 15.1 Å². The number of fused-ring (bicyclic) bond motifs is 1. The number of ether oxygens (including phenoxy) is 1. The zero-order valence-corrected chi connectivity index (χ0v) is 17.3. The SMILES string of the molecule is CCOc1ccc2ccccc2c1C(=O)N1CCC(c2nnc(-c3ccoc3)o2)CC1. The van der Waals surface area contributed by atoms with Gasteiger partial charge in [-0.1, -0.05) is 30.3 Å². The fourth-order valence-electron chi connectivity index (χ4n) is 4.14. The second-order valence-electron chi connectivity index (χ2n) is 7.62. The fraction of sp³-hybridized carbons (Fsp3) is 0.292. The Bertz CT molecular complexity index is 1190. The number of likely N-dealkylation sites (tertiary alicyclic amines) is 1. The third-order valence-corrected chi connectivity index (χ3v) is 5.74. The van der Waals surface area contributed by atoms with Crippen molar-refractivity contribution in [2.45, 2.75) is 25.7 Å². The fourth-order valence-corrected chi connectivity index (χ4v) is 4.14. The lowest BCUT2D eigenvalue weighted by atomic mass is 9.95. The van der Waals surface area contributed by atoms with Crippen molar-refractivity contribution in [3.05, 3.63) is 66.4 Å². The zero-order valence-electron chi connectivity index (χ0n) is 17.3. The van der Waals surface area contributed by atoms with E-state index >= 15 is 0 Å². The number of hydrogen-bond acceptors (Lipinski definition) is 6. The van der Waals surface area contributed by atoms with Crippen LogP contribution in [-0.2, 0) is 0 Å². The van der Waals surface area contributed by atoms with E-state index < -0.39 is 0 Å². The van der Waals surface area contributed by atoms with Crippen LogP contribution in [0, 0.1) is 0 Å². The molecule has 1 amide bonds. The Morgan fingerprint density at radius 2 is 1.97 bits per heavy atom. The third kappa shape index (κ3) is 3.67. The van der Waals surface area contributed by atoms with Crippen molar-refractivity contribution in [2.75, 3.05) is 19.7 Å². The van der Waals surface area contributed by atoms with E-state index in [-0.39, 0.29) is 11.8 Å². The number of carbonyl (C=O) groups excluding carboxylic acids is 1. The number of amides is 1. The number of carbonyl (C=O) groups is 1. The van der Waals surface area contributed by atoms with E-state index in [4.69, 9.17) is 13.6 Å². The average Bonchev–Trinajstić information content (AvgIpc) is 3.51. The van der Waals surface area contributed by atoms with Crippen LogP contribution >= 0.6 is 0 Å². The number of nitrogens with zero attached hydrogens (tertiary/aromatic N) is 3. The van der Waals surface area contributed by atoms with Gasteiger partial charge in [-0.15, -0.1) is 10.2 Å². The van der Waals surface area contributed by atoms with Gasteiger partial charge in [0.2, 0.25) is 5.89 Å². The molecule has 1 saturated heterocycles. The number of piperidine rings is 1. The molecular formula is C24H23N3O4. The van der Waals surface area contributed by atoms with Crippen LogP contribution in [0.3, 0.4) is 0 Å². The highest BCUT2D eigenvalue weighted by Gasteiger charge is 2.30. The summed E-state index contributed by atoms with van der Waals surface area (Å²) in [5.41, 5.74) is 1.41. The van der Waals surface area contributed by atoms with Gasteiger partial charge in [-0.05, 0) is 42.7 Å². The van der Waals surface area contributed by atoms with Crippen LogP contribution in [-0.4, -0.2) is 40.7 Å². The summed E-state index contributed by atoms with van der Waals surface area (Å²) in [5, 5.41) is 10.3. The summed E-state index contributed by atoms with van der Waals surface area (Å²) in [5.74, 6) is 1.84. The Kier molecular flexibility index (Phi) is 5.16. The lowest BCUT2D eigenvalue weighted by Crippen LogP contribution is -2.38. The van der Waals surface area contributed by atoms with Crippen molar-refractivity contribution in [1.29, 1.82) is 0 Å². The van der Waals surface area contributed by atoms with Gasteiger partial charge in [0, 0.05) is 19.0 Å². The Morgan fingerprint density at radius 3 is 2.74 bits per heavy atom. The molecule has 3 heterocycles. The number of aromatic nitrogens is 2. The minimum atomic E-state index is 0.00307. The van der Waals surface area contributed by atoms with Crippen molar-refractivity contribution in [2.24, 2.45) is 0 Å². The number of hydrogen-bond donors (Lipinski definition) is 0. The van der Waals surface area contributed by atoms with Gasteiger partial charge in [0.1, 0.15) is 12.0 Å². The largest absolute Gasteiger partial charge is 0.493 e. The van der Waals surface area contributed by atoms with Crippen LogP contribution in [0.4, 0.5) is 0 Å². The van der Waals surface area contributed by atoms with Crippen LogP contribution in [0.1, 0.15) is 41.9 Å². The maximum absolute atomic E-state index is 13.5. The van der Waals surface area contributed by atoms with E-state index in [9.17, 15) is 4.79 Å². The monoisotopic (exact) mass is 417 g/mol. The van der Waals surface area contributed by atoms with Crippen molar-refractivity contribution in [3.8, 4) is 17.2 Å². The summed E-state index contributed by atoms with van der Waals surface area (Å²) < 4.78 is 16.7. The van der Waals surface area contributed by atoms with Gasteiger partial charge in [0.25, 0.3) is 11.8 Å². The molecule has 1 aliphatic rings. The maximum Gasteiger partial charge on any atom is 0.258 e. The summed E-state index contributed by atoms with van der Waals surface area (Å²) in [6.07, 6.45) is 4.70. The summed E-state index contributed by atoms with van der Waals surface area (Å²) in [6.45, 7) is 3.69. The van der Waals surface area contributed by atoms with Crippen LogP contribution in [0.5, 0.6) is 5.75 Å². The third-order valence-electron chi connectivity index (χ3n) is 5.74. The van der Waals surface area contributed by atoms with E-state index in [1.165, 1.54) is 0 Å². The molecule has 1 aliphatic heterocycles. The van der Waals surface area contributed by atoms with Crippen LogP contribution in [0.2, 0.25) is 0 Å². The minimum absolute atomic E-state index is 0.00307. The molecule has 0 spiro atoms. The second kappa shape index (κ2) is 8.26. The summed E-state index contributed by atoms with van der Waals surface area (Å²) >= 11 is 0. The minimum Gasteiger partial charge on any atom is -0.493 e. The van der Waals surface area contributed by atoms with Crippen molar-refractivity contribution in [3.63, 3.8) is 0 Å². The topological polar surface area (TPSA) is 81.6 Å². The van der Waals surface area contributed by atoms with E-state index in [0.29, 0.717) is 42.8 Å². The van der Waals surface area contributed by atoms with E-state index in [1.54, 1.807) is 18.6 Å². The molecule has 31 heavy (non-hydrogen) atoms. The van der Waals surface area contributed by atoms with Gasteiger partial charge >= 0.3 is 0 Å². The second-order valence-corrected chi connectivity index (χ2v) is 7.62. The summed E-state index contributed by atoms with van der Waals surface area (Å²) in [6, 6.07) is 13.6. The molecule has 2 aromatic heterocycles. The molecular weight excluding hydrogens is 394 g/mol. The Morgan fingerprint density at radius 1 is 1.13 bits per heavy atom. The molecule has 0 radical (unpaired) electrons. The Labute approximate surface area is 179 Å². The van der Waals surface area contributed by atoms with Gasteiger partial charge in [0.15, 0.2) is 0 Å². The highest BCUT2D eigenvalue weighted by atomic mass is 16.5. The van der Waals surface area contributed by atoms with E-state index in [1.807, 2.05) is 48.2 Å². The molecule has 5 rings (SSSR count). The lowest BCUT2D eigenvalue weighted by molar-refractivity contribution is 0.0704. The van der Waals surface area contributed by atoms with Crippen molar-refractivity contribution < 1.29 is 18.4 Å². The average molecular weight is 417 g/mol. The van der Waals surface area contributed by atoms with Gasteiger partial charge in [0.05, 0.1) is 24.0 Å². The van der Waals surface area contributed by atoms with Crippen LogP contribution in [0.15, 0.2) is 63.8 Å². The summed E-state index contributed by atoms with van der Waals surface area (Å²) in [7, 11) is 0. The highest BCUT2D eigenvalue weighted by Crippen LogP contribution is 2.33. The molecule has 158 valence electrons. The summed E-state index contributed by atoms with van der Waals surface area (Å²) in [4.78, 5) is 15.4. The molecule has 0 bridgehead atoms. The van der Waals surface area contributed by atoms with Crippen LogP contribution < -0.4 is 4.74 Å². The number of benzene rings is 2. The predicted molar refractivity (Wildman–Crippen MR) is 115 cm³/mol. The maximum atomic E-state index is 13.5. The first-order valence-electron chi connectivity index (χ1n) is 10.5. The van der Waals surface area contributed by atoms with Crippen molar-refractivity contribution >= 4 is 16.7 Å². The molecule has 7 nitrogen and oxygen atoms in total. The smallest absolute Gasteiger partial charge is 0.258 e. The van der Waals surface area contributed by atoms with Gasteiger partial charge in [-0.3, -0.25) is 4.79 Å². The first-order valence-corrected chi connectivity index (χ1v) is 10.5. The van der Waals surface area contributed by atoms with Gasteiger partial charge < -0.3 is 18.5 Å². The molecule has 0 saturated carbocycles. The molecule has 1 fully saturated rings. The lowest BCUT2D eigenvalue weighted by Gasteiger charge is -2.31. The van der Waals surface area contributed by atoms with E-state index in [2.05, 4.69) is 10.2 Å². The predicted octanol–water partition coefficient (Wildman–Crippen LogP) is 4.90. The normalized spacial score (nSPS) is 14.8. The quantitative estimate of drug-likeness (QED) is 0.459. The molecule has 0 aliphatic carbocycles. The standard InChI is InChI=1S/C24H23N3O4/c1-2-30-20-8-7-16-5-3-4-6-19(16)21(20)24(28)27-12-9-17(10-13-27)22-25-26-23(31-22)18-11-14-29-15-18/h3-8,11,14-15,17H,2,9-10,12-13H2,1H3. The molecule has 0 N–H and O–H groups in total. The zero-order chi connectivity index (χ0) is 21.2. The Balaban J connectivity index is 1.34. The first-order chi connectivity index (χ1) is 15.2. The molecule has 0 unspecified atom stereocenters. The molecule has 4 aromatic rings. The number of rotatable bonds is 5. The molecule has 0 atom stereocenters. The molecule has 7 heteroatoms.